The Morgan fingerprint density at radius 1 is 1.00 bits per heavy atom. The van der Waals surface area contributed by atoms with Crippen molar-refractivity contribution in [1.82, 2.24) is 9.47 Å². The van der Waals surface area contributed by atoms with Gasteiger partial charge in [-0.05, 0) is 69.0 Å². The number of anilines is 1. The number of carbonyl (C=O) groups is 1. The van der Waals surface area contributed by atoms with Gasteiger partial charge in [0.15, 0.2) is 6.73 Å². The number of nitrogens with zero attached hydrogens (tertiary/aromatic N) is 3. The Kier molecular flexibility index (Phi) is 9.77. The third-order valence-electron chi connectivity index (χ3n) is 6.39. The molecule has 3 aromatic rings. The lowest BCUT2D eigenvalue weighted by Gasteiger charge is -2.36. The summed E-state index contributed by atoms with van der Waals surface area (Å²) in [6, 6.07) is 14.5. The number of rotatable bonds is 10. The number of carbonyl (C=O) groups excluding carboxylic acids is 1. The number of benzene rings is 2. The van der Waals surface area contributed by atoms with Crippen molar-refractivity contribution in [2.45, 2.75) is 39.5 Å². The fourth-order valence-electron chi connectivity index (χ4n) is 4.41. The molecule has 8 nitrogen and oxygen atoms in total. The molecule has 4 rings (SSSR count). The molecule has 0 aliphatic carbocycles. The third-order valence-corrected chi connectivity index (χ3v) is 7.20. The highest BCUT2D eigenvalue weighted by Crippen LogP contribution is 2.32. The first-order valence-electron chi connectivity index (χ1n) is 12.8. The average molecular weight is 562 g/mol. The van der Waals surface area contributed by atoms with E-state index in [0.717, 1.165) is 56.6 Å². The molecular formula is C28H33Cl2N3O5. The van der Waals surface area contributed by atoms with E-state index >= 15 is 0 Å². The molecule has 1 fully saturated rings. The molecule has 0 N–H and O–H groups in total. The topological polar surface area (TPSA) is 73.2 Å². The van der Waals surface area contributed by atoms with Crippen molar-refractivity contribution in [2.75, 3.05) is 44.2 Å². The molecule has 204 valence electrons. The SMILES string of the molecule is CC(C)OC(=O)OCn1c(=O)ccc2ccc(OCCCCN3CCN(c4cccc(Cl)c4Cl)CC3)cc21. The second kappa shape index (κ2) is 13.2. The van der Waals surface area contributed by atoms with Crippen LogP contribution in [0.25, 0.3) is 10.9 Å². The molecular weight excluding hydrogens is 529 g/mol. The number of halogens is 2. The summed E-state index contributed by atoms with van der Waals surface area (Å²) in [4.78, 5) is 28.9. The van der Waals surface area contributed by atoms with E-state index in [9.17, 15) is 9.59 Å². The summed E-state index contributed by atoms with van der Waals surface area (Å²) in [7, 11) is 0. The normalized spacial score (nSPS) is 14.2. The monoisotopic (exact) mass is 561 g/mol. The summed E-state index contributed by atoms with van der Waals surface area (Å²) in [6.45, 7) is 8.56. The van der Waals surface area contributed by atoms with Crippen LogP contribution in [0.3, 0.4) is 0 Å². The summed E-state index contributed by atoms with van der Waals surface area (Å²) >= 11 is 12.6. The number of fused-ring (bicyclic) bond motifs is 1. The van der Waals surface area contributed by atoms with Crippen molar-refractivity contribution < 1.29 is 19.0 Å². The van der Waals surface area contributed by atoms with Crippen molar-refractivity contribution in [2.24, 2.45) is 0 Å². The van der Waals surface area contributed by atoms with E-state index in [1.165, 1.54) is 10.6 Å². The molecule has 0 spiro atoms. The summed E-state index contributed by atoms with van der Waals surface area (Å²) in [5.41, 5.74) is 1.35. The number of ether oxygens (including phenoxy) is 3. The van der Waals surface area contributed by atoms with Gasteiger partial charge in [-0.1, -0.05) is 29.3 Å². The second-order valence-electron chi connectivity index (χ2n) is 9.47. The van der Waals surface area contributed by atoms with Crippen molar-refractivity contribution in [3.8, 4) is 5.75 Å². The predicted octanol–water partition coefficient (Wildman–Crippen LogP) is 5.81. The number of unbranched alkanes of at least 4 members (excludes halogenated alkanes) is 1. The number of piperazine rings is 1. The Morgan fingerprint density at radius 2 is 1.76 bits per heavy atom. The summed E-state index contributed by atoms with van der Waals surface area (Å²) in [5, 5.41) is 2.04. The highest BCUT2D eigenvalue weighted by Gasteiger charge is 2.19. The number of pyridine rings is 1. The van der Waals surface area contributed by atoms with Gasteiger partial charge in [-0.25, -0.2) is 4.79 Å². The van der Waals surface area contributed by atoms with E-state index in [-0.39, 0.29) is 18.4 Å². The zero-order valence-corrected chi connectivity index (χ0v) is 23.2. The minimum Gasteiger partial charge on any atom is -0.494 e. The first-order chi connectivity index (χ1) is 18.3. The molecule has 0 bridgehead atoms. The molecule has 2 aromatic carbocycles. The largest absolute Gasteiger partial charge is 0.510 e. The van der Waals surface area contributed by atoms with Gasteiger partial charge in [-0.15, -0.1) is 0 Å². The second-order valence-corrected chi connectivity index (χ2v) is 10.3. The minimum absolute atomic E-state index is 0.234. The first-order valence-corrected chi connectivity index (χ1v) is 13.6. The summed E-state index contributed by atoms with van der Waals surface area (Å²) in [5.74, 6) is 0.661. The van der Waals surface area contributed by atoms with E-state index < -0.39 is 6.16 Å². The number of hydrogen-bond donors (Lipinski definition) is 0. The van der Waals surface area contributed by atoms with Crippen LogP contribution in [0.5, 0.6) is 5.75 Å². The van der Waals surface area contributed by atoms with E-state index in [4.69, 9.17) is 37.4 Å². The lowest BCUT2D eigenvalue weighted by atomic mass is 10.2. The van der Waals surface area contributed by atoms with Crippen LogP contribution in [0.15, 0.2) is 53.3 Å². The Hall–Kier alpha value is -2.94. The quantitative estimate of drug-likeness (QED) is 0.228. The molecule has 38 heavy (non-hydrogen) atoms. The van der Waals surface area contributed by atoms with Crippen LogP contribution < -0.4 is 15.2 Å². The third kappa shape index (κ3) is 7.34. The minimum atomic E-state index is -0.814. The molecule has 1 aromatic heterocycles. The molecule has 2 heterocycles. The number of aromatic nitrogens is 1. The van der Waals surface area contributed by atoms with Crippen LogP contribution in [0.4, 0.5) is 10.5 Å². The predicted molar refractivity (Wildman–Crippen MR) is 151 cm³/mol. The van der Waals surface area contributed by atoms with Crippen molar-refractivity contribution in [1.29, 1.82) is 0 Å². The van der Waals surface area contributed by atoms with Gasteiger partial charge in [0.1, 0.15) is 5.75 Å². The van der Waals surface area contributed by atoms with Crippen LogP contribution in [-0.4, -0.2) is 61.1 Å². The zero-order chi connectivity index (χ0) is 27.1. The van der Waals surface area contributed by atoms with E-state index in [2.05, 4.69) is 9.80 Å². The highest BCUT2D eigenvalue weighted by atomic mass is 35.5. The van der Waals surface area contributed by atoms with Crippen LogP contribution >= 0.6 is 23.2 Å². The van der Waals surface area contributed by atoms with E-state index in [1.807, 2.05) is 30.3 Å². The van der Waals surface area contributed by atoms with Gasteiger partial charge in [0.2, 0.25) is 0 Å². The fraction of sp³-hybridized carbons (Fsp3) is 0.429. The smallest absolute Gasteiger partial charge is 0.494 e. The molecule has 0 saturated carbocycles. The maximum absolute atomic E-state index is 12.4. The Balaban J connectivity index is 1.24. The zero-order valence-electron chi connectivity index (χ0n) is 21.7. The van der Waals surface area contributed by atoms with Crippen molar-refractivity contribution in [3.05, 3.63) is 68.9 Å². The molecule has 1 saturated heterocycles. The highest BCUT2D eigenvalue weighted by molar-refractivity contribution is 6.43. The standard InChI is InChI=1S/C28H33Cl2N3O5/c1-20(2)38-28(35)37-19-33-25-18-22(10-8-21(25)9-11-26(33)34)36-17-4-3-12-31-13-15-32(16-14-31)24-7-5-6-23(29)27(24)30/h5-11,18,20H,3-4,12-17,19H2,1-2H3. The Morgan fingerprint density at radius 3 is 2.53 bits per heavy atom. The van der Waals surface area contributed by atoms with Gasteiger partial charge in [0.05, 0.1) is 34.0 Å². The first kappa shape index (κ1) is 28.1. The van der Waals surface area contributed by atoms with Crippen molar-refractivity contribution >= 4 is 45.9 Å². The number of hydrogen-bond acceptors (Lipinski definition) is 7. The lowest BCUT2D eigenvalue weighted by Crippen LogP contribution is -2.46. The van der Waals surface area contributed by atoms with Gasteiger partial charge in [0.25, 0.3) is 5.56 Å². The average Bonchev–Trinajstić information content (AvgIpc) is 2.89. The van der Waals surface area contributed by atoms with Crippen LogP contribution in [0.1, 0.15) is 26.7 Å². The Bertz CT molecular complexity index is 1310. The van der Waals surface area contributed by atoms with Gasteiger partial charge < -0.3 is 19.1 Å². The maximum atomic E-state index is 12.4. The molecule has 0 unspecified atom stereocenters. The Labute approximate surface area is 232 Å². The molecule has 0 radical (unpaired) electrons. The van der Waals surface area contributed by atoms with Crippen LogP contribution in [0, 0.1) is 0 Å². The summed E-state index contributed by atoms with van der Waals surface area (Å²) in [6.07, 6.45) is 0.807. The summed E-state index contributed by atoms with van der Waals surface area (Å²) < 4.78 is 17.5. The van der Waals surface area contributed by atoms with E-state index in [0.29, 0.717) is 27.9 Å². The van der Waals surface area contributed by atoms with Gasteiger partial charge >= 0.3 is 6.16 Å². The van der Waals surface area contributed by atoms with Gasteiger partial charge in [-0.2, -0.15) is 0 Å². The lowest BCUT2D eigenvalue weighted by molar-refractivity contribution is 0.0163. The molecule has 10 heteroatoms. The van der Waals surface area contributed by atoms with Gasteiger partial charge in [-0.3, -0.25) is 14.3 Å². The van der Waals surface area contributed by atoms with E-state index in [1.54, 1.807) is 26.0 Å². The van der Waals surface area contributed by atoms with Crippen molar-refractivity contribution in [3.63, 3.8) is 0 Å². The molecule has 1 aliphatic heterocycles. The van der Waals surface area contributed by atoms with Crippen LogP contribution in [-0.2, 0) is 16.2 Å². The van der Waals surface area contributed by atoms with Gasteiger partial charge in [0, 0.05) is 38.3 Å². The molecule has 0 amide bonds. The molecule has 0 atom stereocenters. The fourth-order valence-corrected chi connectivity index (χ4v) is 4.83. The van der Waals surface area contributed by atoms with Crippen LogP contribution in [0.2, 0.25) is 10.0 Å². The molecule has 1 aliphatic rings. The maximum Gasteiger partial charge on any atom is 0.510 e.